The van der Waals surface area contributed by atoms with Gasteiger partial charge in [0.15, 0.2) is 11.6 Å². The third-order valence-corrected chi connectivity index (χ3v) is 5.05. The normalized spacial score (nSPS) is 17.3. The molecule has 1 aliphatic heterocycles. The lowest BCUT2D eigenvalue weighted by molar-refractivity contribution is -0.133. The quantitative estimate of drug-likeness (QED) is 0.777. The summed E-state index contributed by atoms with van der Waals surface area (Å²) in [5, 5.41) is 0. The molecule has 3 nitrogen and oxygen atoms in total. The number of piperidine rings is 1. The number of nitrogens with zero attached hydrogens (tertiary/aromatic N) is 2. The Morgan fingerprint density at radius 3 is 2.81 bits per heavy atom. The molecule has 0 radical (unpaired) electrons. The van der Waals surface area contributed by atoms with E-state index < -0.39 is 11.6 Å². The van der Waals surface area contributed by atoms with Crippen LogP contribution in [0.15, 0.2) is 42.7 Å². The molecule has 1 atom stereocenters. The predicted octanol–water partition coefficient (Wildman–Crippen LogP) is 4.16. The average molecular weight is 358 g/mol. The van der Waals surface area contributed by atoms with Crippen LogP contribution in [-0.2, 0) is 17.6 Å². The molecule has 0 saturated carbocycles. The monoisotopic (exact) mass is 358 g/mol. The van der Waals surface area contributed by atoms with E-state index in [1.54, 1.807) is 18.5 Å². The molecular formula is C21H24F2N2O. The van der Waals surface area contributed by atoms with Crippen molar-refractivity contribution in [2.24, 2.45) is 5.92 Å². The molecule has 2 aromatic rings. The smallest absolute Gasteiger partial charge is 0.222 e. The Hall–Kier alpha value is -2.30. The van der Waals surface area contributed by atoms with Crippen molar-refractivity contribution in [2.45, 2.75) is 38.5 Å². The van der Waals surface area contributed by atoms with Crippen LogP contribution in [0.2, 0.25) is 0 Å². The van der Waals surface area contributed by atoms with E-state index in [9.17, 15) is 13.6 Å². The van der Waals surface area contributed by atoms with E-state index in [-0.39, 0.29) is 5.91 Å². The Bertz CT molecular complexity index is 736. The molecule has 0 N–H and O–H groups in total. The first-order valence-electron chi connectivity index (χ1n) is 9.22. The second-order valence-corrected chi connectivity index (χ2v) is 7.00. The van der Waals surface area contributed by atoms with E-state index in [0.717, 1.165) is 43.5 Å². The number of carbonyl (C=O) groups excluding carboxylic acids is 1. The largest absolute Gasteiger partial charge is 0.342 e. The minimum atomic E-state index is -0.809. The van der Waals surface area contributed by atoms with Crippen molar-refractivity contribution in [2.75, 3.05) is 13.1 Å². The lowest BCUT2D eigenvalue weighted by Gasteiger charge is -2.33. The zero-order valence-electron chi connectivity index (χ0n) is 14.8. The number of aromatic nitrogens is 1. The van der Waals surface area contributed by atoms with Crippen LogP contribution < -0.4 is 0 Å². The van der Waals surface area contributed by atoms with Crippen LogP contribution in [0.4, 0.5) is 8.78 Å². The van der Waals surface area contributed by atoms with Gasteiger partial charge >= 0.3 is 0 Å². The van der Waals surface area contributed by atoms with Crippen LogP contribution in [0.3, 0.4) is 0 Å². The number of halogens is 2. The van der Waals surface area contributed by atoms with Gasteiger partial charge in [-0.15, -0.1) is 0 Å². The van der Waals surface area contributed by atoms with E-state index in [1.165, 1.54) is 12.1 Å². The molecular weight excluding hydrogens is 334 g/mol. The number of aryl methyl sites for hydroxylation is 2. The van der Waals surface area contributed by atoms with Crippen molar-refractivity contribution in [3.8, 4) is 0 Å². The number of hydrogen-bond acceptors (Lipinski definition) is 2. The molecule has 26 heavy (non-hydrogen) atoms. The summed E-state index contributed by atoms with van der Waals surface area (Å²) in [6.07, 6.45) is 8.42. The van der Waals surface area contributed by atoms with Gasteiger partial charge in [-0.25, -0.2) is 8.78 Å². The first-order chi connectivity index (χ1) is 12.6. The average Bonchev–Trinajstić information content (AvgIpc) is 2.68. The van der Waals surface area contributed by atoms with Crippen LogP contribution in [-0.4, -0.2) is 28.9 Å². The molecule has 3 rings (SSSR count). The fourth-order valence-corrected chi connectivity index (χ4v) is 3.55. The first-order valence-corrected chi connectivity index (χ1v) is 9.22. The van der Waals surface area contributed by atoms with Crippen LogP contribution >= 0.6 is 0 Å². The van der Waals surface area contributed by atoms with E-state index in [2.05, 4.69) is 4.98 Å². The Kier molecular flexibility index (Phi) is 6.31. The van der Waals surface area contributed by atoms with Gasteiger partial charge in [0.2, 0.25) is 5.91 Å². The van der Waals surface area contributed by atoms with Gasteiger partial charge in [-0.3, -0.25) is 9.78 Å². The van der Waals surface area contributed by atoms with Crippen molar-refractivity contribution in [3.63, 3.8) is 0 Å². The lowest BCUT2D eigenvalue weighted by Crippen LogP contribution is -2.40. The molecule has 0 bridgehead atoms. The van der Waals surface area contributed by atoms with Crippen molar-refractivity contribution < 1.29 is 13.6 Å². The number of benzene rings is 1. The van der Waals surface area contributed by atoms with Gasteiger partial charge in [-0.05, 0) is 67.3 Å². The molecule has 2 heterocycles. The fourth-order valence-electron chi connectivity index (χ4n) is 3.55. The van der Waals surface area contributed by atoms with Gasteiger partial charge < -0.3 is 4.90 Å². The van der Waals surface area contributed by atoms with Gasteiger partial charge in [-0.2, -0.15) is 0 Å². The van der Waals surface area contributed by atoms with E-state index in [1.807, 2.05) is 17.0 Å². The van der Waals surface area contributed by atoms with Crippen LogP contribution in [0, 0.1) is 17.6 Å². The maximum absolute atomic E-state index is 13.3. The first kappa shape index (κ1) is 18.5. The molecule has 0 aliphatic carbocycles. The van der Waals surface area contributed by atoms with Gasteiger partial charge in [-0.1, -0.05) is 12.1 Å². The number of carbonyl (C=O) groups is 1. The molecule has 1 aliphatic rings. The van der Waals surface area contributed by atoms with Crippen molar-refractivity contribution >= 4 is 5.91 Å². The standard InChI is InChI=1S/C21H24F2N2O/c22-19-9-7-16(13-20(19)23)5-6-18-4-2-12-25(15-18)21(26)10-8-17-3-1-11-24-14-17/h1,3,7,9,11,13-14,18H,2,4-6,8,10,12,15H2. The SMILES string of the molecule is O=C(CCc1cccnc1)N1CCCC(CCc2ccc(F)c(F)c2)C1. The summed E-state index contributed by atoms with van der Waals surface area (Å²) in [7, 11) is 0. The van der Waals surface area contributed by atoms with Gasteiger partial charge in [0, 0.05) is 31.9 Å². The van der Waals surface area contributed by atoms with Crippen molar-refractivity contribution in [3.05, 3.63) is 65.5 Å². The van der Waals surface area contributed by atoms with E-state index in [0.29, 0.717) is 25.2 Å². The summed E-state index contributed by atoms with van der Waals surface area (Å²) in [4.78, 5) is 18.5. The topological polar surface area (TPSA) is 33.2 Å². The van der Waals surface area contributed by atoms with E-state index in [4.69, 9.17) is 0 Å². The summed E-state index contributed by atoms with van der Waals surface area (Å²) in [6, 6.07) is 7.96. The second-order valence-electron chi connectivity index (χ2n) is 7.00. The summed E-state index contributed by atoms with van der Waals surface area (Å²) in [5.41, 5.74) is 1.89. The zero-order valence-corrected chi connectivity index (χ0v) is 14.8. The molecule has 1 fully saturated rings. The van der Waals surface area contributed by atoms with Crippen LogP contribution in [0.25, 0.3) is 0 Å². The number of likely N-dealkylation sites (tertiary alicyclic amines) is 1. The second kappa shape index (κ2) is 8.88. The van der Waals surface area contributed by atoms with Crippen molar-refractivity contribution in [1.82, 2.24) is 9.88 Å². The Balaban J connectivity index is 1.47. The molecule has 5 heteroatoms. The zero-order chi connectivity index (χ0) is 18.4. The van der Waals surface area contributed by atoms with E-state index >= 15 is 0 Å². The molecule has 1 aromatic heterocycles. The number of amides is 1. The molecule has 1 amide bonds. The highest BCUT2D eigenvalue weighted by atomic mass is 19.2. The van der Waals surface area contributed by atoms with Crippen LogP contribution in [0.1, 0.15) is 36.8 Å². The van der Waals surface area contributed by atoms with Crippen molar-refractivity contribution in [1.29, 1.82) is 0 Å². The third-order valence-electron chi connectivity index (χ3n) is 5.05. The highest BCUT2D eigenvalue weighted by molar-refractivity contribution is 5.76. The number of hydrogen-bond donors (Lipinski definition) is 0. The van der Waals surface area contributed by atoms with Crippen LogP contribution in [0.5, 0.6) is 0 Å². The molecule has 138 valence electrons. The Morgan fingerprint density at radius 2 is 2.04 bits per heavy atom. The highest BCUT2D eigenvalue weighted by Crippen LogP contribution is 2.23. The third kappa shape index (κ3) is 5.10. The fraction of sp³-hybridized carbons (Fsp3) is 0.429. The minimum absolute atomic E-state index is 0.186. The molecule has 1 unspecified atom stereocenters. The van der Waals surface area contributed by atoms with Gasteiger partial charge in [0.05, 0.1) is 0 Å². The predicted molar refractivity (Wildman–Crippen MR) is 96.5 cm³/mol. The summed E-state index contributed by atoms with van der Waals surface area (Å²) in [5.74, 6) is -0.999. The number of pyridine rings is 1. The molecule has 0 spiro atoms. The summed E-state index contributed by atoms with van der Waals surface area (Å²) in [6.45, 7) is 1.57. The Labute approximate surface area is 153 Å². The maximum atomic E-state index is 13.3. The highest BCUT2D eigenvalue weighted by Gasteiger charge is 2.23. The molecule has 1 aromatic carbocycles. The Morgan fingerprint density at radius 1 is 1.15 bits per heavy atom. The summed E-state index contributed by atoms with van der Waals surface area (Å²) >= 11 is 0. The molecule has 1 saturated heterocycles. The minimum Gasteiger partial charge on any atom is -0.342 e. The maximum Gasteiger partial charge on any atom is 0.222 e. The van der Waals surface area contributed by atoms with Gasteiger partial charge in [0.25, 0.3) is 0 Å². The summed E-state index contributed by atoms with van der Waals surface area (Å²) < 4.78 is 26.3. The number of rotatable bonds is 6. The lowest BCUT2D eigenvalue weighted by atomic mass is 9.91. The van der Waals surface area contributed by atoms with Gasteiger partial charge in [0.1, 0.15) is 0 Å².